The summed E-state index contributed by atoms with van der Waals surface area (Å²) in [5.41, 5.74) is -0.725. The van der Waals surface area contributed by atoms with Crippen LogP contribution in [0.1, 0.15) is 36.8 Å². The molecule has 0 aliphatic heterocycles. The molecular weight excluding hydrogens is 450 g/mol. The number of nitrogens with one attached hydrogen (secondary N) is 1. The number of ether oxygens (including phenoxy) is 1. The Balaban J connectivity index is 1.20. The van der Waals surface area contributed by atoms with Crippen molar-refractivity contribution in [2.24, 2.45) is 5.41 Å². The van der Waals surface area contributed by atoms with Crippen LogP contribution in [-0.2, 0) is 22.2 Å². The Morgan fingerprint density at radius 3 is 2.31 bits per heavy atom. The van der Waals surface area contributed by atoms with Gasteiger partial charge in [0, 0.05) is 18.0 Å². The Morgan fingerprint density at radius 2 is 1.72 bits per heavy atom. The summed E-state index contributed by atoms with van der Waals surface area (Å²) in [5.74, 6) is -0.753. The van der Waals surface area contributed by atoms with Crippen molar-refractivity contribution < 1.29 is 31.9 Å². The van der Waals surface area contributed by atoms with Crippen LogP contribution in [0.3, 0.4) is 0 Å². The normalized spacial score (nSPS) is 23.7. The first-order valence-corrected chi connectivity index (χ1v) is 10.4. The fourth-order valence-electron chi connectivity index (χ4n) is 4.85. The van der Waals surface area contributed by atoms with E-state index in [9.17, 15) is 27.2 Å². The summed E-state index contributed by atoms with van der Waals surface area (Å²) in [7, 11) is 0. The summed E-state index contributed by atoms with van der Waals surface area (Å²) in [5, 5.41) is 2.94. The predicted octanol–water partition coefficient (Wildman–Crippen LogP) is 5.12. The molecule has 4 nitrogen and oxygen atoms in total. The van der Waals surface area contributed by atoms with Gasteiger partial charge >= 0.3 is 6.18 Å². The number of benzene rings is 2. The third-order valence-electron chi connectivity index (χ3n) is 6.05. The summed E-state index contributed by atoms with van der Waals surface area (Å²) in [6.07, 6.45) is -2.05. The summed E-state index contributed by atoms with van der Waals surface area (Å²) in [4.78, 5) is 24.6. The van der Waals surface area contributed by atoms with Gasteiger partial charge in [-0.1, -0.05) is 23.7 Å². The molecule has 2 aromatic carbocycles. The largest absolute Gasteiger partial charge is 0.486 e. The van der Waals surface area contributed by atoms with E-state index in [1.807, 2.05) is 0 Å². The number of halogens is 5. The van der Waals surface area contributed by atoms with Crippen LogP contribution in [0.5, 0.6) is 5.75 Å². The Kier molecular flexibility index (Phi) is 5.69. The molecule has 0 unspecified atom stereocenters. The Bertz CT molecular complexity index is 1030. The topological polar surface area (TPSA) is 55.4 Å². The number of Topliss-reactive ketones (excluding diaryl/α,β-unsaturated/α-hetero) is 1. The Labute approximate surface area is 186 Å². The molecule has 5 rings (SSSR count). The quantitative estimate of drug-likeness (QED) is 0.546. The minimum Gasteiger partial charge on any atom is -0.486 e. The monoisotopic (exact) mass is 469 g/mol. The molecule has 0 saturated heterocycles. The fraction of sp³-hybridized carbons (Fsp3) is 0.391. The van der Waals surface area contributed by atoms with Crippen molar-refractivity contribution in [1.82, 2.24) is 5.32 Å². The highest BCUT2D eigenvalue weighted by atomic mass is 35.5. The Hall–Kier alpha value is -2.61. The number of rotatable bonds is 8. The maximum absolute atomic E-state index is 13.4. The molecule has 0 radical (unpaired) electrons. The Morgan fingerprint density at radius 1 is 1.06 bits per heavy atom. The molecule has 0 heterocycles. The molecule has 3 aliphatic carbocycles. The van der Waals surface area contributed by atoms with E-state index in [4.69, 9.17) is 16.3 Å². The molecule has 1 N–H and O–H groups in total. The van der Waals surface area contributed by atoms with E-state index < -0.39 is 17.6 Å². The van der Waals surface area contributed by atoms with Crippen molar-refractivity contribution in [3.8, 4) is 5.75 Å². The number of amides is 1. The molecule has 1 amide bonds. The smallest absolute Gasteiger partial charge is 0.416 e. The molecule has 3 fully saturated rings. The molecule has 0 aromatic heterocycles. The van der Waals surface area contributed by atoms with Crippen molar-refractivity contribution in [1.29, 1.82) is 0 Å². The minimum atomic E-state index is -4.41. The second kappa shape index (κ2) is 8.06. The lowest BCUT2D eigenvalue weighted by Crippen LogP contribution is -2.75. The van der Waals surface area contributed by atoms with Crippen LogP contribution in [0.15, 0.2) is 42.5 Å². The number of carbonyl (C=O) groups excluding carboxylic acids is 2. The van der Waals surface area contributed by atoms with E-state index >= 15 is 0 Å². The van der Waals surface area contributed by atoms with Gasteiger partial charge in [-0.05, 0) is 54.5 Å². The van der Waals surface area contributed by atoms with Crippen molar-refractivity contribution in [3.63, 3.8) is 0 Å². The number of hydrogen-bond acceptors (Lipinski definition) is 3. The maximum Gasteiger partial charge on any atom is 0.416 e. The van der Waals surface area contributed by atoms with Gasteiger partial charge in [-0.3, -0.25) is 9.59 Å². The highest BCUT2D eigenvalue weighted by Gasteiger charge is 2.68. The molecule has 9 heteroatoms. The second-order valence-corrected chi connectivity index (χ2v) is 9.22. The van der Waals surface area contributed by atoms with Gasteiger partial charge in [-0.25, -0.2) is 4.39 Å². The van der Waals surface area contributed by atoms with Crippen LogP contribution in [0, 0.1) is 11.2 Å². The van der Waals surface area contributed by atoms with Gasteiger partial charge in [0.2, 0.25) is 5.91 Å². The molecule has 3 saturated carbocycles. The molecule has 2 aromatic rings. The van der Waals surface area contributed by atoms with Gasteiger partial charge < -0.3 is 10.1 Å². The molecule has 2 bridgehead atoms. The second-order valence-electron chi connectivity index (χ2n) is 8.81. The molecule has 3 aliphatic rings. The number of ketones is 1. The number of carbonyl (C=O) groups is 2. The van der Waals surface area contributed by atoms with Crippen LogP contribution in [0.4, 0.5) is 17.6 Å². The van der Waals surface area contributed by atoms with Crippen LogP contribution in [0.25, 0.3) is 0 Å². The van der Waals surface area contributed by atoms with Gasteiger partial charge in [0.05, 0.1) is 17.0 Å². The first kappa shape index (κ1) is 22.6. The average Bonchev–Trinajstić information content (AvgIpc) is 2.66. The highest BCUT2D eigenvalue weighted by molar-refractivity contribution is 6.30. The van der Waals surface area contributed by atoms with E-state index in [0.29, 0.717) is 31.2 Å². The first-order chi connectivity index (χ1) is 15.0. The number of hydrogen-bond donors (Lipinski definition) is 1. The van der Waals surface area contributed by atoms with Crippen LogP contribution < -0.4 is 10.1 Å². The highest BCUT2D eigenvalue weighted by Crippen LogP contribution is 2.69. The summed E-state index contributed by atoms with van der Waals surface area (Å²) < 4.78 is 56.6. The zero-order valence-corrected chi connectivity index (χ0v) is 17.7. The van der Waals surface area contributed by atoms with Gasteiger partial charge in [-0.2, -0.15) is 13.2 Å². The molecule has 0 spiro atoms. The van der Waals surface area contributed by atoms with Crippen LogP contribution in [-0.4, -0.2) is 23.8 Å². The third kappa shape index (κ3) is 4.75. The summed E-state index contributed by atoms with van der Waals surface area (Å²) >= 11 is 5.61. The summed E-state index contributed by atoms with van der Waals surface area (Å²) in [6.45, 7) is -0.171. The summed E-state index contributed by atoms with van der Waals surface area (Å²) in [6, 6.07) is 8.50. The SMILES string of the molecule is O=C(COc1ccc(Cl)c(F)c1)CC12CC(NC(=O)Cc3ccc(C(F)(F)F)cc3)(C1)C2. The maximum atomic E-state index is 13.4. The predicted molar refractivity (Wildman–Crippen MR) is 109 cm³/mol. The lowest BCUT2D eigenvalue weighted by molar-refractivity contribution is -0.172. The number of alkyl halides is 3. The van der Waals surface area contributed by atoms with Gasteiger partial charge in [0.25, 0.3) is 0 Å². The fourth-order valence-corrected chi connectivity index (χ4v) is 4.97. The molecule has 32 heavy (non-hydrogen) atoms. The first-order valence-electron chi connectivity index (χ1n) is 10.0. The zero-order valence-electron chi connectivity index (χ0n) is 16.9. The van der Waals surface area contributed by atoms with E-state index in [1.165, 1.54) is 24.3 Å². The van der Waals surface area contributed by atoms with Gasteiger partial charge in [-0.15, -0.1) is 0 Å². The lowest BCUT2D eigenvalue weighted by Gasteiger charge is -2.70. The van der Waals surface area contributed by atoms with Gasteiger partial charge in [0.1, 0.15) is 18.2 Å². The van der Waals surface area contributed by atoms with Crippen molar-refractivity contribution in [3.05, 3.63) is 64.4 Å². The van der Waals surface area contributed by atoms with E-state index in [1.54, 1.807) is 0 Å². The molecular formula is C23H20ClF4NO3. The standard InChI is InChI=1S/C23H20ClF4NO3/c24-18-6-5-17(8-19(18)25)32-10-16(30)9-21-11-22(12-21,13-21)29-20(31)7-14-1-3-15(4-2-14)23(26,27)28/h1-6,8H,7,9-13H2,(H,29,31). The van der Waals surface area contributed by atoms with Crippen molar-refractivity contribution >= 4 is 23.3 Å². The van der Waals surface area contributed by atoms with Crippen LogP contribution >= 0.6 is 11.6 Å². The van der Waals surface area contributed by atoms with E-state index in [0.717, 1.165) is 18.2 Å². The van der Waals surface area contributed by atoms with Crippen LogP contribution in [0.2, 0.25) is 5.02 Å². The average molecular weight is 470 g/mol. The third-order valence-corrected chi connectivity index (χ3v) is 6.36. The van der Waals surface area contributed by atoms with E-state index in [2.05, 4.69) is 5.32 Å². The van der Waals surface area contributed by atoms with Crippen molar-refractivity contribution in [2.75, 3.05) is 6.61 Å². The molecule has 0 atom stereocenters. The zero-order chi connectivity index (χ0) is 23.1. The van der Waals surface area contributed by atoms with Crippen molar-refractivity contribution in [2.45, 2.75) is 43.8 Å². The minimum absolute atomic E-state index is 0.00267. The lowest BCUT2D eigenvalue weighted by atomic mass is 9.38. The van der Waals surface area contributed by atoms with E-state index in [-0.39, 0.29) is 46.4 Å². The van der Waals surface area contributed by atoms with Gasteiger partial charge in [0.15, 0.2) is 5.78 Å². The molecule has 170 valence electrons.